The van der Waals surface area contributed by atoms with E-state index in [1.54, 1.807) is 4.90 Å². The predicted octanol–water partition coefficient (Wildman–Crippen LogP) is 0.520. The van der Waals surface area contributed by atoms with E-state index in [0.717, 1.165) is 0 Å². The molecule has 0 aliphatic carbocycles. The molecule has 0 bridgehead atoms. The van der Waals surface area contributed by atoms with Gasteiger partial charge in [-0.2, -0.15) is 0 Å². The minimum Gasteiger partial charge on any atom is -0.507 e. The van der Waals surface area contributed by atoms with Crippen molar-refractivity contribution < 1.29 is 29.0 Å². The summed E-state index contributed by atoms with van der Waals surface area (Å²) in [4.78, 5) is 38.8. The van der Waals surface area contributed by atoms with Gasteiger partial charge in [0.05, 0.1) is 19.8 Å². The van der Waals surface area contributed by atoms with Crippen molar-refractivity contribution in [3.8, 4) is 5.75 Å². The van der Waals surface area contributed by atoms with Gasteiger partial charge in [0, 0.05) is 25.2 Å². The van der Waals surface area contributed by atoms with Gasteiger partial charge in [-0.05, 0) is 18.2 Å². The summed E-state index contributed by atoms with van der Waals surface area (Å²) in [5.41, 5.74) is -0.0933. The molecular formula is C16H19ClN2O6. The van der Waals surface area contributed by atoms with Gasteiger partial charge in [-0.1, -0.05) is 11.6 Å². The molecule has 8 nitrogen and oxygen atoms in total. The first-order valence-corrected chi connectivity index (χ1v) is 8.01. The highest BCUT2D eigenvalue weighted by Crippen LogP contribution is 2.22. The molecule has 0 aromatic heterocycles. The summed E-state index contributed by atoms with van der Waals surface area (Å²) in [6.07, 6.45) is 0. The van der Waals surface area contributed by atoms with Crippen molar-refractivity contribution in [3.05, 3.63) is 28.8 Å². The maximum Gasteiger partial charge on any atom is 0.342 e. The Hall–Kier alpha value is -2.32. The van der Waals surface area contributed by atoms with E-state index >= 15 is 0 Å². The molecule has 25 heavy (non-hydrogen) atoms. The van der Waals surface area contributed by atoms with Crippen LogP contribution < -0.4 is 0 Å². The average Bonchev–Trinajstić information content (AvgIpc) is 2.60. The normalized spacial score (nSPS) is 14.1. The Morgan fingerprint density at radius 3 is 2.64 bits per heavy atom. The van der Waals surface area contributed by atoms with Gasteiger partial charge in [0.2, 0.25) is 5.91 Å². The van der Waals surface area contributed by atoms with Crippen molar-refractivity contribution in [3.63, 3.8) is 0 Å². The number of aromatic hydroxyl groups is 1. The minimum atomic E-state index is -0.851. The van der Waals surface area contributed by atoms with E-state index in [4.69, 9.17) is 21.1 Å². The fourth-order valence-electron chi connectivity index (χ4n) is 2.20. The van der Waals surface area contributed by atoms with Crippen LogP contribution in [0.15, 0.2) is 18.2 Å². The average molecular weight is 371 g/mol. The molecule has 2 amide bonds. The summed E-state index contributed by atoms with van der Waals surface area (Å²) in [6.45, 7) is 1.30. The summed E-state index contributed by atoms with van der Waals surface area (Å²) < 4.78 is 10.0. The summed E-state index contributed by atoms with van der Waals surface area (Å²) in [7, 11) is 1.45. The molecule has 1 aromatic carbocycles. The number of benzene rings is 1. The van der Waals surface area contributed by atoms with Crippen LogP contribution in [0.3, 0.4) is 0 Å². The zero-order chi connectivity index (χ0) is 18.4. The number of nitrogens with zero attached hydrogens (tertiary/aromatic N) is 2. The smallest absolute Gasteiger partial charge is 0.342 e. The molecule has 1 aromatic rings. The molecule has 0 atom stereocenters. The quantitative estimate of drug-likeness (QED) is 0.759. The van der Waals surface area contributed by atoms with Gasteiger partial charge >= 0.3 is 5.97 Å². The zero-order valence-electron chi connectivity index (χ0n) is 13.7. The van der Waals surface area contributed by atoms with Crippen molar-refractivity contribution >= 4 is 29.4 Å². The van der Waals surface area contributed by atoms with Gasteiger partial charge in [-0.3, -0.25) is 9.59 Å². The van der Waals surface area contributed by atoms with Gasteiger partial charge in [0.15, 0.2) is 6.61 Å². The molecule has 2 rings (SSSR count). The largest absolute Gasteiger partial charge is 0.507 e. The molecule has 136 valence electrons. The lowest BCUT2D eigenvalue weighted by atomic mass is 10.2. The highest BCUT2D eigenvalue weighted by molar-refractivity contribution is 6.30. The number of esters is 1. The third-order valence-electron chi connectivity index (χ3n) is 3.67. The number of likely N-dealkylation sites (N-methyl/N-ethyl adjacent to an activating group) is 1. The SMILES string of the molecule is CN(CC(=O)N1CCOCC1)C(=O)COC(=O)c1ccc(Cl)cc1O. The second-order valence-corrected chi connectivity index (χ2v) is 5.92. The van der Waals surface area contributed by atoms with E-state index < -0.39 is 18.5 Å². The molecule has 0 saturated carbocycles. The number of rotatable bonds is 5. The minimum absolute atomic E-state index is 0.0933. The molecule has 9 heteroatoms. The van der Waals surface area contributed by atoms with Crippen LogP contribution in [-0.2, 0) is 19.1 Å². The summed E-state index contributed by atoms with van der Waals surface area (Å²) in [6, 6.07) is 3.93. The van der Waals surface area contributed by atoms with Crippen LogP contribution in [0.4, 0.5) is 0 Å². The fourth-order valence-corrected chi connectivity index (χ4v) is 2.36. The molecule has 0 radical (unpaired) electrons. The van der Waals surface area contributed by atoms with E-state index in [0.29, 0.717) is 26.3 Å². The first-order valence-electron chi connectivity index (χ1n) is 7.63. The zero-order valence-corrected chi connectivity index (χ0v) is 14.5. The number of carbonyl (C=O) groups excluding carboxylic acids is 3. The van der Waals surface area contributed by atoms with Crippen molar-refractivity contribution in [2.75, 3.05) is 46.5 Å². The molecule has 1 heterocycles. The number of halogens is 1. The molecule has 1 aliphatic heterocycles. The summed E-state index contributed by atoms with van der Waals surface area (Å²) in [5, 5.41) is 9.93. The van der Waals surface area contributed by atoms with Crippen LogP contribution >= 0.6 is 11.6 Å². The van der Waals surface area contributed by atoms with Gasteiger partial charge < -0.3 is 24.4 Å². The van der Waals surface area contributed by atoms with Gasteiger partial charge in [0.1, 0.15) is 11.3 Å². The van der Waals surface area contributed by atoms with Gasteiger partial charge in [-0.25, -0.2) is 4.79 Å². The van der Waals surface area contributed by atoms with Crippen molar-refractivity contribution in [1.29, 1.82) is 0 Å². The number of phenolic OH excluding ortho intramolecular Hbond substituents is 1. The van der Waals surface area contributed by atoms with Gasteiger partial charge in [0.25, 0.3) is 5.91 Å². The van der Waals surface area contributed by atoms with E-state index in [9.17, 15) is 19.5 Å². The van der Waals surface area contributed by atoms with Crippen LogP contribution in [0.5, 0.6) is 5.75 Å². The highest BCUT2D eigenvalue weighted by Gasteiger charge is 2.21. The molecule has 1 N–H and O–H groups in total. The Balaban J connectivity index is 1.82. The molecule has 0 unspecified atom stereocenters. The third kappa shape index (κ3) is 5.33. The Kier molecular flexibility index (Phi) is 6.60. The first kappa shape index (κ1) is 19.0. The second kappa shape index (κ2) is 8.68. The van der Waals surface area contributed by atoms with Gasteiger partial charge in [-0.15, -0.1) is 0 Å². The molecular weight excluding hydrogens is 352 g/mol. The number of morpholine rings is 1. The Labute approximate surface area is 149 Å². The van der Waals surface area contributed by atoms with Crippen molar-refractivity contribution in [1.82, 2.24) is 9.80 Å². The number of amides is 2. The van der Waals surface area contributed by atoms with Crippen LogP contribution in [0.1, 0.15) is 10.4 Å². The Bertz CT molecular complexity index is 660. The van der Waals surface area contributed by atoms with Crippen LogP contribution in [-0.4, -0.2) is 79.2 Å². The number of hydrogen-bond donors (Lipinski definition) is 1. The first-order chi connectivity index (χ1) is 11.9. The van der Waals surface area contributed by atoms with Crippen LogP contribution in [0.25, 0.3) is 0 Å². The Morgan fingerprint density at radius 2 is 2.00 bits per heavy atom. The molecule has 1 saturated heterocycles. The lowest BCUT2D eigenvalue weighted by Gasteiger charge is -2.28. The van der Waals surface area contributed by atoms with E-state index in [2.05, 4.69) is 0 Å². The van der Waals surface area contributed by atoms with Crippen LogP contribution in [0, 0.1) is 0 Å². The lowest BCUT2D eigenvalue weighted by molar-refractivity contribution is -0.143. The van der Waals surface area contributed by atoms with E-state index in [-0.39, 0.29) is 28.8 Å². The lowest BCUT2D eigenvalue weighted by Crippen LogP contribution is -2.46. The van der Waals surface area contributed by atoms with E-state index in [1.165, 1.54) is 30.1 Å². The number of phenols is 1. The number of ether oxygens (including phenoxy) is 2. The van der Waals surface area contributed by atoms with Crippen LogP contribution in [0.2, 0.25) is 5.02 Å². The molecule has 0 spiro atoms. The third-order valence-corrected chi connectivity index (χ3v) is 3.90. The Morgan fingerprint density at radius 1 is 1.32 bits per heavy atom. The topological polar surface area (TPSA) is 96.4 Å². The monoisotopic (exact) mass is 370 g/mol. The number of hydrogen-bond acceptors (Lipinski definition) is 6. The molecule has 1 fully saturated rings. The molecule has 1 aliphatic rings. The summed E-state index contributed by atoms with van der Waals surface area (Å²) >= 11 is 5.69. The summed E-state index contributed by atoms with van der Waals surface area (Å²) in [5.74, 6) is -1.90. The van der Waals surface area contributed by atoms with Crippen molar-refractivity contribution in [2.45, 2.75) is 0 Å². The number of carbonyl (C=O) groups is 3. The standard InChI is InChI=1S/C16H19ClN2O6/c1-18(9-14(21)19-4-6-24-7-5-19)15(22)10-25-16(23)12-3-2-11(17)8-13(12)20/h2-3,8,20H,4-7,9-10H2,1H3. The highest BCUT2D eigenvalue weighted by atomic mass is 35.5. The maximum atomic E-state index is 12.1. The van der Waals surface area contributed by atoms with E-state index in [1.807, 2.05) is 0 Å². The second-order valence-electron chi connectivity index (χ2n) is 5.48. The fraction of sp³-hybridized carbons (Fsp3) is 0.438. The van der Waals surface area contributed by atoms with Crippen molar-refractivity contribution in [2.24, 2.45) is 0 Å². The maximum absolute atomic E-state index is 12.1. The predicted molar refractivity (Wildman–Crippen MR) is 88.4 cm³/mol.